The van der Waals surface area contributed by atoms with Crippen LogP contribution in [-0.4, -0.2) is 25.8 Å². The lowest BCUT2D eigenvalue weighted by molar-refractivity contribution is 0.119. The maximum absolute atomic E-state index is 6.03. The quantitative estimate of drug-likeness (QED) is 0.697. The van der Waals surface area contributed by atoms with E-state index in [0.717, 1.165) is 47.3 Å². The van der Waals surface area contributed by atoms with Crippen LogP contribution in [0.5, 0.6) is 0 Å². The molecule has 1 aliphatic rings. The lowest BCUT2D eigenvalue weighted by Gasteiger charge is -2.32. The summed E-state index contributed by atoms with van der Waals surface area (Å²) in [6, 6.07) is 8.22. The minimum absolute atomic E-state index is 0.234. The molecule has 1 unspecified atom stereocenters. The predicted octanol–water partition coefficient (Wildman–Crippen LogP) is 4.53. The van der Waals surface area contributed by atoms with Crippen molar-refractivity contribution in [2.75, 3.05) is 6.54 Å². The van der Waals surface area contributed by atoms with Gasteiger partial charge in [-0.25, -0.2) is 9.97 Å². The van der Waals surface area contributed by atoms with Crippen molar-refractivity contribution < 1.29 is 4.42 Å². The van der Waals surface area contributed by atoms with Gasteiger partial charge in [0.05, 0.1) is 12.6 Å². The Bertz CT molecular complexity index is 792. The summed E-state index contributed by atoms with van der Waals surface area (Å²) < 4.78 is 10.5. The third kappa shape index (κ3) is 3.08. The zero-order valence-electron chi connectivity index (χ0n) is 14.1. The number of likely N-dealkylation sites (tertiary alicyclic amines) is 1. The van der Waals surface area contributed by atoms with Gasteiger partial charge in [0, 0.05) is 5.92 Å². The Hall–Kier alpha value is -1.79. The minimum atomic E-state index is 0.234. The van der Waals surface area contributed by atoms with E-state index in [1.165, 1.54) is 24.4 Å². The van der Waals surface area contributed by atoms with Crippen LogP contribution < -0.4 is 0 Å². The first-order valence-electron chi connectivity index (χ1n) is 8.62. The van der Waals surface area contributed by atoms with Gasteiger partial charge in [-0.3, -0.25) is 4.90 Å². The van der Waals surface area contributed by atoms with Gasteiger partial charge in [-0.05, 0) is 43.1 Å². The Balaban J connectivity index is 1.58. The monoisotopic (exact) mass is 342 g/mol. The molecule has 1 aliphatic heterocycles. The molecule has 0 aliphatic carbocycles. The van der Waals surface area contributed by atoms with Crippen LogP contribution >= 0.6 is 11.5 Å². The molecule has 0 N–H and O–H groups in total. The summed E-state index contributed by atoms with van der Waals surface area (Å²) in [5.74, 6) is 2.17. The first-order chi connectivity index (χ1) is 11.7. The molecule has 3 heterocycles. The molecule has 5 nitrogen and oxygen atoms in total. The first kappa shape index (κ1) is 15.7. The maximum atomic E-state index is 6.03. The van der Waals surface area contributed by atoms with Crippen LogP contribution in [0.2, 0.25) is 0 Å². The van der Waals surface area contributed by atoms with Gasteiger partial charge in [0.2, 0.25) is 5.89 Å². The second-order valence-electron chi connectivity index (χ2n) is 6.70. The number of benzene rings is 1. The number of aromatic nitrogens is 3. The molecule has 126 valence electrons. The zero-order chi connectivity index (χ0) is 16.5. The highest BCUT2D eigenvalue weighted by molar-refractivity contribution is 7.05. The lowest BCUT2D eigenvalue weighted by Crippen LogP contribution is -2.33. The Kier molecular flexibility index (Phi) is 4.33. The number of para-hydroxylation sites is 2. The summed E-state index contributed by atoms with van der Waals surface area (Å²) in [6.45, 7) is 6.15. The number of hydrogen-bond acceptors (Lipinski definition) is 6. The summed E-state index contributed by atoms with van der Waals surface area (Å²) in [6.07, 6.45) is 3.52. The number of rotatable bonds is 4. The van der Waals surface area contributed by atoms with Gasteiger partial charge in [0.1, 0.15) is 16.3 Å². The van der Waals surface area contributed by atoms with E-state index in [1.54, 1.807) is 0 Å². The molecule has 3 aromatic rings. The van der Waals surface area contributed by atoms with Gasteiger partial charge < -0.3 is 4.42 Å². The molecule has 24 heavy (non-hydrogen) atoms. The fourth-order valence-electron chi connectivity index (χ4n) is 3.23. The van der Waals surface area contributed by atoms with E-state index < -0.39 is 0 Å². The summed E-state index contributed by atoms with van der Waals surface area (Å²) >= 11 is 1.52. The Morgan fingerprint density at radius 1 is 1.25 bits per heavy atom. The number of nitrogens with zero attached hydrogens (tertiary/aromatic N) is 4. The second-order valence-corrected chi connectivity index (χ2v) is 7.54. The highest BCUT2D eigenvalue weighted by Gasteiger charge is 2.29. The molecule has 0 amide bonds. The van der Waals surface area contributed by atoms with E-state index in [9.17, 15) is 0 Å². The van der Waals surface area contributed by atoms with Crippen molar-refractivity contribution in [1.29, 1.82) is 0 Å². The number of fused-ring (bicyclic) bond motifs is 1. The first-order valence-corrected chi connectivity index (χ1v) is 9.40. The van der Waals surface area contributed by atoms with E-state index in [-0.39, 0.29) is 6.04 Å². The van der Waals surface area contributed by atoms with Crippen LogP contribution in [0, 0.1) is 0 Å². The SMILES string of the molecule is CC(C)c1nsc(CN2CCCCC2c2nc3ccccc3o2)n1. The van der Waals surface area contributed by atoms with E-state index in [1.807, 2.05) is 24.3 Å². The topological polar surface area (TPSA) is 55.1 Å². The molecule has 1 atom stereocenters. The molecule has 1 fully saturated rings. The van der Waals surface area contributed by atoms with Crippen molar-refractivity contribution in [2.45, 2.75) is 51.6 Å². The fraction of sp³-hybridized carbons (Fsp3) is 0.500. The van der Waals surface area contributed by atoms with Gasteiger partial charge >= 0.3 is 0 Å². The van der Waals surface area contributed by atoms with Crippen LogP contribution in [0.25, 0.3) is 11.1 Å². The fourth-order valence-corrected chi connectivity index (χ4v) is 4.04. The van der Waals surface area contributed by atoms with Gasteiger partial charge in [0.25, 0.3) is 0 Å². The second kappa shape index (κ2) is 6.61. The number of oxazole rings is 1. The van der Waals surface area contributed by atoms with Crippen LogP contribution in [0.1, 0.15) is 61.8 Å². The van der Waals surface area contributed by atoms with Crippen molar-refractivity contribution >= 4 is 22.6 Å². The molecular weight excluding hydrogens is 320 g/mol. The lowest BCUT2D eigenvalue weighted by atomic mass is 10.0. The third-order valence-corrected chi connectivity index (χ3v) is 5.26. The van der Waals surface area contributed by atoms with Crippen LogP contribution in [-0.2, 0) is 6.54 Å². The minimum Gasteiger partial charge on any atom is -0.439 e. The van der Waals surface area contributed by atoms with Gasteiger partial charge in [0.15, 0.2) is 5.58 Å². The van der Waals surface area contributed by atoms with Gasteiger partial charge in [-0.2, -0.15) is 4.37 Å². The molecule has 0 saturated carbocycles. The van der Waals surface area contributed by atoms with E-state index >= 15 is 0 Å². The molecule has 2 aromatic heterocycles. The summed E-state index contributed by atoms with van der Waals surface area (Å²) in [7, 11) is 0. The average molecular weight is 342 g/mol. The molecule has 1 aromatic carbocycles. The predicted molar refractivity (Wildman–Crippen MR) is 95.0 cm³/mol. The molecule has 0 radical (unpaired) electrons. The van der Waals surface area contributed by atoms with Gasteiger partial charge in [-0.15, -0.1) is 0 Å². The molecule has 6 heteroatoms. The standard InChI is InChI=1S/C18H22N4OS/c1-12(2)17-20-16(24-21-17)11-22-10-6-5-8-14(22)18-19-13-7-3-4-9-15(13)23-18/h3-4,7,9,12,14H,5-6,8,10-11H2,1-2H3. The molecule has 4 rings (SSSR count). The molecule has 0 spiro atoms. The highest BCUT2D eigenvalue weighted by Crippen LogP contribution is 2.33. The third-order valence-electron chi connectivity index (χ3n) is 4.55. The van der Waals surface area contributed by atoms with Crippen molar-refractivity contribution in [2.24, 2.45) is 0 Å². The Labute approximate surface area is 145 Å². The van der Waals surface area contributed by atoms with Crippen LogP contribution in [0.3, 0.4) is 0 Å². The summed E-state index contributed by atoms with van der Waals surface area (Å²) in [5.41, 5.74) is 1.81. The normalized spacial score (nSPS) is 19.4. The maximum Gasteiger partial charge on any atom is 0.212 e. The average Bonchev–Trinajstić information content (AvgIpc) is 3.22. The smallest absolute Gasteiger partial charge is 0.212 e. The zero-order valence-corrected chi connectivity index (χ0v) is 14.9. The van der Waals surface area contributed by atoms with Crippen molar-refractivity contribution in [3.63, 3.8) is 0 Å². The summed E-state index contributed by atoms with van der Waals surface area (Å²) in [4.78, 5) is 11.9. The largest absolute Gasteiger partial charge is 0.439 e. The molecular formula is C18H22N4OS. The van der Waals surface area contributed by atoms with Crippen molar-refractivity contribution in [3.05, 3.63) is 41.0 Å². The Morgan fingerprint density at radius 2 is 2.12 bits per heavy atom. The number of piperidine rings is 1. The van der Waals surface area contributed by atoms with E-state index in [0.29, 0.717) is 5.92 Å². The molecule has 1 saturated heterocycles. The van der Waals surface area contributed by atoms with Gasteiger partial charge in [-0.1, -0.05) is 32.4 Å². The van der Waals surface area contributed by atoms with Crippen molar-refractivity contribution in [3.8, 4) is 0 Å². The van der Waals surface area contributed by atoms with Crippen LogP contribution in [0.4, 0.5) is 0 Å². The highest BCUT2D eigenvalue weighted by atomic mass is 32.1. The summed E-state index contributed by atoms with van der Waals surface area (Å²) in [5, 5.41) is 1.08. The van der Waals surface area contributed by atoms with Crippen LogP contribution in [0.15, 0.2) is 28.7 Å². The van der Waals surface area contributed by atoms with Crippen molar-refractivity contribution in [1.82, 2.24) is 19.2 Å². The van der Waals surface area contributed by atoms with E-state index in [2.05, 4.69) is 28.1 Å². The number of hydrogen-bond donors (Lipinski definition) is 0. The Morgan fingerprint density at radius 3 is 2.92 bits per heavy atom. The molecule has 0 bridgehead atoms. The van der Waals surface area contributed by atoms with E-state index in [4.69, 9.17) is 9.40 Å².